The van der Waals surface area contributed by atoms with Crippen LogP contribution in [0.15, 0.2) is 12.3 Å². The number of hydrogen-bond acceptors (Lipinski definition) is 4. The summed E-state index contributed by atoms with van der Waals surface area (Å²) in [5.41, 5.74) is 7.07. The third kappa shape index (κ3) is 2.36. The first-order valence-corrected chi connectivity index (χ1v) is 5.34. The van der Waals surface area contributed by atoms with Gasteiger partial charge in [0, 0.05) is 23.7 Å². The predicted octanol–water partition coefficient (Wildman–Crippen LogP) is 2.14. The van der Waals surface area contributed by atoms with E-state index >= 15 is 0 Å². The fraction of sp³-hybridized carbons (Fsp3) is 0.545. The van der Waals surface area contributed by atoms with Gasteiger partial charge >= 0.3 is 0 Å². The van der Waals surface area contributed by atoms with E-state index in [9.17, 15) is 10.1 Å². The molecule has 0 saturated carbocycles. The summed E-state index contributed by atoms with van der Waals surface area (Å²) in [5, 5.41) is 11.0. The largest absolute Gasteiger partial charge is 0.327 e. The molecule has 0 bridgehead atoms. The van der Waals surface area contributed by atoms with Gasteiger partial charge in [-0.25, -0.2) is 0 Å². The standard InChI is InChI=1S/C11H17N3O2/c1-4-9(8(3)12)10-11(14(15)16)7(2)5-6-13-10/h5-6,8-9H,4,12H2,1-3H3. The smallest absolute Gasteiger partial charge is 0.293 e. The highest BCUT2D eigenvalue weighted by Gasteiger charge is 2.26. The third-order valence-corrected chi connectivity index (χ3v) is 2.76. The van der Waals surface area contributed by atoms with E-state index in [4.69, 9.17) is 5.73 Å². The topological polar surface area (TPSA) is 82.0 Å². The second-order valence-electron chi connectivity index (χ2n) is 3.99. The van der Waals surface area contributed by atoms with Crippen molar-refractivity contribution in [1.82, 2.24) is 4.98 Å². The Labute approximate surface area is 94.8 Å². The molecule has 0 aromatic carbocycles. The molecule has 0 aliphatic carbocycles. The molecule has 1 heterocycles. The number of hydrogen-bond donors (Lipinski definition) is 1. The van der Waals surface area contributed by atoms with Crippen LogP contribution in [0.3, 0.4) is 0 Å². The molecule has 0 aliphatic rings. The van der Waals surface area contributed by atoms with Gasteiger partial charge in [-0.2, -0.15) is 0 Å². The van der Waals surface area contributed by atoms with E-state index in [1.165, 1.54) is 0 Å². The van der Waals surface area contributed by atoms with Gasteiger partial charge < -0.3 is 5.73 Å². The van der Waals surface area contributed by atoms with Crippen molar-refractivity contribution in [3.05, 3.63) is 33.6 Å². The molecule has 5 nitrogen and oxygen atoms in total. The van der Waals surface area contributed by atoms with Gasteiger partial charge in [0.15, 0.2) is 0 Å². The zero-order chi connectivity index (χ0) is 12.3. The molecule has 0 fully saturated rings. The second-order valence-corrected chi connectivity index (χ2v) is 3.99. The van der Waals surface area contributed by atoms with Crippen molar-refractivity contribution in [2.24, 2.45) is 5.73 Å². The molecule has 0 spiro atoms. The number of rotatable bonds is 4. The molecule has 0 radical (unpaired) electrons. The lowest BCUT2D eigenvalue weighted by molar-refractivity contribution is -0.386. The SMILES string of the molecule is CCC(c1nccc(C)c1[N+](=O)[O-])C(C)N. The van der Waals surface area contributed by atoms with Gasteiger partial charge in [0.25, 0.3) is 5.69 Å². The molecule has 0 saturated heterocycles. The Morgan fingerprint density at radius 2 is 2.25 bits per heavy atom. The molecule has 2 unspecified atom stereocenters. The van der Waals surface area contributed by atoms with E-state index in [1.54, 1.807) is 19.2 Å². The summed E-state index contributed by atoms with van der Waals surface area (Å²) in [4.78, 5) is 14.8. The van der Waals surface area contributed by atoms with Gasteiger partial charge in [-0.1, -0.05) is 6.92 Å². The van der Waals surface area contributed by atoms with Gasteiger partial charge in [-0.05, 0) is 26.3 Å². The van der Waals surface area contributed by atoms with E-state index in [0.29, 0.717) is 11.3 Å². The van der Waals surface area contributed by atoms with Crippen LogP contribution >= 0.6 is 0 Å². The van der Waals surface area contributed by atoms with Crippen LogP contribution in [0.2, 0.25) is 0 Å². The Kier molecular flexibility index (Phi) is 3.95. The minimum atomic E-state index is -0.372. The molecule has 16 heavy (non-hydrogen) atoms. The van der Waals surface area contributed by atoms with Crippen molar-refractivity contribution >= 4 is 5.69 Å². The predicted molar refractivity (Wildman–Crippen MR) is 62.3 cm³/mol. The Balaban J connectivity index is 3.31. The van der Waals surface area contributed by atoms with Crippen LogP contribution in [-0.4, -0.2) is 15.9 Å². The molecule has 88 valence electrons. The molecule has 5 heteroatoms. The quantitative estimate of drug-likeness (QED) is 0.626. The van der Waals surface area contributed by atoms with Crippen molar-refractivity contribution in [3.8, 4) is 0 Å². The number of aromatic nitrogens is 1. The first kappa shape index (κ1) is 12.6. The number of nitrogens with two attached hydrogens (primary N) is 1. The molecule has 0 aliphatic heterocycles. The molecule has 1 aromatic heterocycles. The maximum atomic E-state index is 11.0. The normalized spacial score (nSPS) is 14.5. The minimum absolute atomic E-state index is 0.0692. The maximum Gasteiger partial charge on any atom is 0.293 e. The van der Waals surface area contributed by atoms with Crippen LogP contribution in [0, 0.1) is 17.0 Å². The molecular weight excluding hydrogens is 206 g/mol. The number of nitro groups is 1. The van der Waals surface area contributed by atoms with Crippen molar-refractivity contribution in [2.45, 2.75) is 39.2 Å². The number of aryl methyl sites for hydroxylation is 1. The molecule has 0 amide bonds. The van der Waals surface area contributed by atoms with Gasteiger partial charge in [-0.3, -0.25) is 15.1 Å². The fourth-order valence-corrected chi connectivity index (χ4v) is 1.89. The third-order valence-electron chi connectivity index (χ3n) is 2.76. The van der Waals surface area contributed by atoms with Crippen LogP contribution in [0.4, 0.5) is 5.69 Å². The van der Waals surface area contributed by atoms with E-state index in [1.807, 2.05) is 13.8 Å². The van der Waals surface area contributed by atoms with Crippen LogP contribution < -0.4 is 5.73 Å². The van der Waals surface area contributed by atoms with E-state index in [0.717, 1.165) is 6.42 Å². The van der Waals surface area contributed by atoms with Crippen LogP contribution in [0.25, 0.3) is 0 Å². The highest BCUT2D eigenvalue weighted by Crippen LogP contribution is 2.30. The molecule has 2 N–H and O–H groups in total. The molecule has 1 rings (SSSR count). The Morgan fingerprint density at radius 1 is 1.62 bits per heavy atom. The lowest BCUT2D eigenvalue weighted by atomic mass is 9.92. The summed E-state index contributed by atoms with van der Waals surface area (Å²) in [7, 11) is 0. The van der Waals surface area contributed by atoms with Gasteiger partial charge in [-0.15, -0.1) is 0 Å². The Bertz CT molecular complexity index is 391. The molecule has 1 aromatic rings. The molecular formula is C11H17N3O2. The zero-order valence-corrected chi connectivity index (χ0v) is 9.80. The highest BCUT2D eigenvalue weighted by molar-refractivity contribution is 5.45. The summed E-state index contributed by atoms with van der Waals surface area (Å²) in [6.45, 7) is 5.53. The number of nitrogens with zero attached hydrogens (tertiary/aromatic N) is 2. The van der Waals surface area contributed by atoms with Crippen molar-refractivity contribution < 1.29 is 4.92 Å². The van der Waals surface area contributed by atoms with E-state index in [-0.39, 0.29) is 22.6 Å². The lowest BCUT2D eigenvalue weighted by Gasteiger charge is -2.18. The summed E-state index contributed by atoms with van der Waals surface area (Å²) in [5.74, 6) is -0.0692. The van der Waals surface area contributed by atoms with Gasteiger partial charge in [0.2, 0.25) is 0 Å². The Hall–Kier alpha value is -1.49. The van der Waals surface area contributed by atoms with Crippen LogP contribution in [0.5, 0.6) is 0 Å². The van der Waals surface area contributed by atoms with E-state index < -0.39 is 0 Å². The summed E-state index contributed by atoms with van der Waals surface area (Å²) in [6.07, 6.45) is 2.34. The summed E-state index contributed by atoms with van der Waals surface area (Å²) in [6, 6.07) is 1.51. The van der Waals surface area contributed by atoms with Gasteiger partial charge in [0.05, 0.1) is 4.92 Å². The average molecular weight is 223 g/mol. The monoisotopic (exact) mass is 223 g/mol. The highest BCUT2D eigenvalue weighted by atomic mass is 16.6. The van der Waals surface area contributed by atoms with Crippen molar-refractivity contribution in [2.75, 3.05) is 0 Å². The first-order chi connectivity index (χ1) is 7.49. The van der Waals surface area contributed by atoms with E-state index in [2.05, 4.69) is 4.98 Å². The second kappa shape index (κ2) is 5.03. The minimum Gasteiger partial charge on any atom is -0.327 e. The summed E-state index contributed by atoms with van der Waals surface area (Å²) < 4.78 is 0. The maximum absolute atomic E-state index is 11.0. The van der Waals surface area contributed by atoms with Crippen molar-refractivity contribution in [3.63, 3.8) is 0 Å². The fourth-order valence-electron chi connectivity index (χ4n) is 1.89. The molecule has 2 atom stereocenters. The van der Waals surface area contributed by atoms with Crippen LogP contribution in [0.1, 0.15) is 37.4 Å². The number of pyridine rings is 1. The van der Waals surface area contributed by atoms with Crippen molar-refractivity contribution in [1.29, 1.82) is 0 Å². The summed E-state index contributed by atoms with van der Waals surface area (Å²) >= 11 is 0. The average Bonchev–Trinajstić information content (AvgIpc) is 2.17. The zero-order valence-electron chi connectivity index (χ0n) is 9.80. The Morgan fingerprint density at radius 3 is 2.69 bits per heavy atom. The van der Waals surface area contributed by atoms with Gasteiger partial charge in [0.1, 0.15) is 5.69 Å². The van der Waals surface area contributed by atoms with Crippen LogP contribution in [-0.2, 0) is 0 Å². The first-order valence-electron chi connectivity index (χ1n) is 5.34. The lowest BCUT2D eigenvalue weighted by Crippen LogP contribution is -2.26.